The maximum absolute atomic E-state index is 11.9. The Bertz CT molecular complexity index is 310. The topological polar surface area (TPSA) is 49.4 Å². The van der Waals surface area contributed by atoms with Crippen LogP contribution in [0.2, 0.25) is 0 Å². The molecule has 0 aromatic rings. The molecule has 0 aromatic heterocycles. The summed E-state index contributed by atoms with van der Waals surface area (Å²) in [7, 11) is -5.18. The molecule has 96 valence electrons. The van der Waals surface area contributed by atoms with Crippen molar-refractivity contribution in [2.24, 2.45) is 0 Å². The molecule has 0 amide bonds. The molecule has 4 nitrogen and oxygen atoms in total. The van der Waals surface area contributed by atoms with E-state index < -0.39 is 15.5 Å². The Hall–Kier alpha value is -0.340. The summed E-state index contributed by atoms with van der Waals surface area (Å²) < 4.78 is 58.6. The minimum absolute atomic E-state index is 0.193. The summed E-state index contributed by atoms with van der Waals surface area (Å²) in [5.74, 6) is 0. The van der Waals surface area contributed by atoms with Crippen molar-refractivity contribution in [2.75, 3.05) is 26.2 Å². The summed E-state index contributed by atoms with van der Waals surface area (Å²) >= 11 is 0. The average molecular weight is 260 g/mol. The van der Waals surface area contributed by atoms with Crippen LogP contribution in [0.5, 0.6) is 0 Å². The van der Waals surface area contributed by atoms with Crippen LogP contribution in [0.1, 0.15) is 19.3 Å². The molecular weight excluding hydrogens is 245 g/mol. The third-order valence-electron chi connectivity index (χ3n) is 2.47. The van der Waals surface area contributed by atoms with Crippen molar-refractivity contribution in [1.82, 2.24) is 9.62 Å². The molecule has 1 fully saturated rings. The van der Waals surface area contributed by atoms with E-state index in [2.05, 4.69) is 0 Å². The van der Waals surface area contributed by atoms with Gasteiger partial charge in [-0.15, -0.1) is 0 Å². The molecule has 0 unspecified atom stereocenters. The number of halogens is 3. The molecule has 1 N–H and O–H groups in total. The first-order valence-electron chi connectivity index (χ1n) is 5.11. The Labute approximate surface area is 92.9 Å². The van der Waals surface area contributed by atoms with Crippen molar-refractivity contribution in [3.8, 4) is 0 Å². The molecule has 0 aromatic carbocycles. The van der Waals surface area contributed by atoms with Gasteiger partial charge in [-0.25, -0.2) is 13.1 Å². The van der Waals surface area contributed by atoms with Crippen LogP contribution in [0.4, 0.5) is 13.2 Å². The molecule has 16 heavy (non-hydrogen) atoms. The normalized spacial score (nSPS) is 19.9. The quantitative estimate of drug-likeness (QED) is 0.817. The minimum Gasteiger partial charge on any atom is -0.302 e. The Morgan fingerprint density at radius 2 is 1.69 bits per heavy atom. The zero-order valence-corrected chi connectivity index (χ0v) is 9.57. The SMILES string of the molecule is O=S(=O)(NCCN1CCCCC1)C(F)(F)F. The number of rotatable bonds is 4. The summed E-state index contributed by atoms with van der Waals surface area (Å²) in [6.45, 7) is 1.79. The smallest absolute Gasteiger partial charge is 0.302 e. The van der Waals surface area contributed by atoms with E-state index in [0.29, 0.717) is 6.54 Å². The monoisotopic (exact) mass is 260 g/mol. The highest BCUT2D eigenvalue weighted by atomic mass is 32.2. The van der Waals surface area contributed by atoms with Crippen LogP contribution in [0.25, 0.3) is 0 Å². The summed E-state index contributed by atoms with van der Waals surface area (Å²) in [4.78, 5) is 1.96. The van der Waals surface area contributed by atoms with Crippen molar-refractivity contribution in [3.05, 3.63) is 0 Å². The van der Waals surface area contributed by atoms with Gasteiger partial charge in [-0.1, -0.05) is 6.42 Å². The van der Waals surface area contributed by atoms with Crippen molar-refractivity contribution in [3.63, 3.8) is 0 Å². The summed E-state index contributed by atoms with van der Waals surface area (Å²) in [5, 5.41) is 0. The second-order valence-corrected chi connectivity index (χ2v) is 5.50. The van der Waals surface area contributed by atoms with Gasteiger partial charge in [0.15, 0.2) is 0 Å². The van der Waals surface area contributed by atoms with Crippen LogP contribution in [0.3, 0.4) is 0 Å². The molecule has 1 heterocycles. The van der Waals surface area contributed by atoms with E-state index in [1.54, 1.807) is 4.72 Å². The second kappa shape index (κ2) is 5.33. The first-order chi connectivity index (χ1) is 7.33. The lowest BCUT2D eigenvalue weighted by Crippen LogP contribution is -2.42. The second-order valence-electron chi connectivity index (χ2n) is 3.75. The first-order valence-corrected chi connectivity index (χ1v) is 6.59. The number of nitrogens with one attached hydrogen (secondary N) is 1. The molecule has 1 aliphatic heterocycles. The lowest BCUT2D eigenvalue weighted by Gasteiger charge is -2.26. The number of hydrogen-bond donors (Lipinski definition) is 1. The van der Waals surface area contributed by atoms with E-state index in [0.717, 1.165) is 32.4 Å². The van der Waals surface area contributed by atoms with Crippen LogP contribution in [0, 0.1) is 0 Å². The van der Waals surface area contributed by atoms with Gasteiger partial charge in [0.1, 0.15) is 0 Å². The Balaban J connectivity index is 2.29. The predicted molar refractivity (Wildman–Crippen MR) is 53.3 cm³/mol. The molecule has 0 atom stereocenters. The summed E-state index contributed by atoms with van der Waals surface area (Å²) in [6.07, 6.45) is 3.17. The fourth-order valence-corrected chi connectivity index (χ4v) is 2.13. The number of nitrogens with zero attached hydrogens (tertiary/aromatic N) is 1. The van der Waals surface area contributed by atoms with Gasteiger partial charge in [0, 0.05) is 13.1 Å². The lowest BCUT2D eigenvalue weighted by atomic mass is 10.1. The highest BCUT2D eigenvalue weighted by molar-refractivity contribution is 7.90. The Morgan fingerprint density at radius 3 is 2.19 bits per heavy atom. The number of alkyl halides is 3. The standard InChI is InChI=1S/C8H15F3N2O2S/c9-8(10,11)16(14,15)12-4-7-13-5-2-1-3-6-13/h12H,1-7H2. The van der Waals surface area contributed by atoms with Gasteiger partial charge in [0.05, 0.1) is 0 Å². The van der Waals surface area contributed by atoms with Crippen LogP contribution in [-0.4, -0.2) is 45.0 Å². The fraction of sp³-hybridized carbons (Fsp3) is 1.00. The molecule has 0 radical (unpaired) electrons. The number of sulfonamides is 1. The van der Waals surface area contributed by atoms with E-state index in [4.69, 9.17) is 0 Å². The van der Waals surface area contributed by atoms with Crippen molar-refractivity contribution in [2.45, 2.75) is 24.8 Å². The fourth-order valence-electron chi connectivity index (χ4n) is 1.60. The Morgan fingerprint density at radius 1 is 1.12 bits per heavy atom. The van der Waals surface area contributed by atoms with Gasteiger partial charge in [-0.05, 0) is 25.9 Å². The first kappa shape index (κ1) is 13.7. The van der Waals surface area contributed by atoms with E-state index in [9.17, 15) is 21.6 Å². The van der Waals surface area contributed by atoms with Gasteiger partial charge in [-0.3, -0.25) is 0 Å². The van der Waals surface area contributed by atoms with Crippen LogP contribution < -0.4 is 4.72 Å². The van der Waals surface area contributed by atoms with Gasteiger partial charge < -0.3 is 4.90 Å². The van der Waals surface area contributed by atoms with Crippen LogP contribution >= 0.6 is 0 Å². The molecule has 0 aliphatic carbocycles. The minimum atomic E-state index is -5.21. The van der Waals surface area contributed by atoms with Gasteiger partial charge >= 0.3 is 15.5 Å². The zero-order chi connectivity index (χ0) is 12.2. The largest absolute Gasteiger partial charge is 0.511 e. The van der Waals surface area contributed by atoms with E-state index in [1.165, 1.54) is 0 Å². The van der Waals surface area contributed by atoms with Gasteiger partial charge in [0.25, 0.3) is 0 Å². The van der Waals surface area contributed by atoms with E-state index in [-0.39, 0.29) is 6.54 Å². The third-order valence-corrected chi connectivity index (χ3v) is 3.67. The highest BCUT2D eigenvalue weighted by Gasteiger charge is 2.45. The molecule has 0 bridgehead atoms. The van der Waals surface area contributed by atoms with Crippen molar-refractivity contribution < 1.29 is 21.6 Å². The summed E-state index contributed by atoms with van der Waals surface area (Å²) in [5.41, 5.74) is -5.21. The van der Waals surface area contributed by atoms with E-state index >= 15 is 0 Å². The highest BCUT2D eigenvalue weighted by Crippen LogP contribution is 2.21. The summed E-state index contributed by atoms with van der Waals surface area (Å²) in [6, 6.07) is 0. The number of piperidine rings is 1. The maximum Gasteiger partial charge on any atom is 0.511 e. The zero-order valence-electron chi connectivity index (χ0n) is 8.76. The third kappa shape index (κ3) is 3.91. The molecule has 0 saturated carbocycles. The number of likely N-dealkylation sites (tertiary alicyclic amines) is 1. The molecule has 8 heteroatoms. The van der Waals surface area contributed by atoms with Gasteiger partial charge in [0.2, 0.25) is 0 Å². The molecule has 1 rings (SSSR count). The van der Waals surface area contributed by atoms with Crippen LogP contribution in [0.15, 0.2) is 0 Å². The van der Waals surface area contributed by atoms with E-state index in [1.807, 2.05) is 4.90 Å². The number of hydrogen-bond acceptors (Lipinski definition) is 3. The Kier molecular flexibility index (Phi) is 4.57. The average Bonchev–Trinajstić information content (AvgIpc) is 2.17. The van der Waals surface area contributed by atoms with Crippen LogP contribution in [-0.2, 0) is 10.0 Å². The molecule has 1 aliphatic rings. The molecule has 1 saturated heterocycles. The molecule has 0 spiro atoms. The predicted octanol–water partition coefficient (Wildman–Crippen LogP) is 0.911. The van der Waals surface area contributed by atoms with Gasteiger partial charge in [-0.2, -0.15) is 13.2 Å². The maximum atomic E-state index is 11.9. The lowest BCUT2D eigenvalue weighted by molar-refractivity contribution is -0.0448. The molecular formula is C8H15F3N2O2S. The van der Waals surface area contributed by atoms with Crippen molar-refractivity contribution >= 4 is 10.0 Å². The van der Waals surface area contributed by atoms with Crippen molar-refractivity contribution in [1.29, 1.82) is 0 Å².